The van der Waals surface area contributed by atoms with Crippen molar-refractivity contribution in [1.82, 2.24) is 5.32 Å². The molecule has 4 heteroatoms. The number of rotatable bonds is 7. The number of halogens is 1. The average Bonchev–Trinajstić information content (AvgIpc) is 2.64. The molecule has 0 aliphatic rings. The fourth-order valence-electron chi connectivity index (χ4n) is 2.72. The Kier molecular flexibility index (Phi) is 6.07. The smallest absolute Gasteiger partial charge is 0.230 e. The van der Waals surface area contributed by atoms with E-state index in [1.165, 1.54) is 28.5 Å². The summed E-state index contributed by atoms with van der Waals surface area (Å²) in [7, 11) is 0. The molecule has 0 aromatic heterocycles. The maximum absolute atomic E-state index is 12.8. The number of thioether (sulfide) groups is 1. The van der Waals surface area contributed by atoms with E-state index in [-0.39, 0.29) is 11.7 Å². The Morgan fingerprint density at radius 2 is 1.72 bits per heavy atom. The summed E-state index contributed by atoms with van der Waals surface area (Å²) in [5.41, 5.74) is 2.27. The van der Waals surface area contributed by atoms with Crippen LogP contribution in [0.3, 0.4) is 0 Å². The Morgan fingerprint density at radius 3 is 2.56 bits per heavy atom. The Bertz CT molecular complexity index is 843. The van der Waals surface area contributed by atoms with E-state index in [9.17, 15) is 9.18 Å². The normalized spacial score (nSPS) is 10.8. The molecular formula is C21H20FNOS. The lowest BCUT2D eigenvalue weighted by atomic mass is 10.1. The van der Waals surface area contributed by atoms with E-state index in [0.29, 0.717) is 18.7 Å². The van der Waals surface area contributed by atoms with Crippen LogP contribution in [0.1, 0.15) is 11.1 Å². The van der Waals surface area contributed by atoms with Gasteiger partial charge in [-0.2, -0.15) is 0 Å². The summed E-state index contributed by atoms with van der Waals surface area (Å²) in [6.45, 7) is 0.569. The molecule has 0 spiro atoms. The third-order valence-electron chi connectivity index (χ3n) is 4.02. The number of carbonyl (C=O) groups is 1. The zero-order valence-corrected chi connectivity index (χ0v) is 14.7. The van der Waals surface area contributed by atoms with Crippen LogP contribution in [0.5, 0.6) is 0 Å². The first-order valence-corrected chi connectivity index (χ1v) is 9.43. The van der Waals surface area contributed by atoms with Crippen molar-refractivity contribution in [1.29, 1.82) is 0 Å². The van der Waals surface area contributed by atoms with Gasteiger partial charge in [-0.05, 0) is 40.5 Å². The molecule has 2 nitrogen and oxygen atoms in total. The monoisotopic (exact) mass is 353 g/mol. The molecule has 0 fully saturated rings. The second-order valence-corrected chi connectivity index (χ2v) is 6.84. The minimum absolute atomic E-state index is 0.0346. The van der Waals surface area contributed by atoms with Crippen molar-refractivity contribution in [3.8, 4) is 0 Å². The number of amides is 1. The maximum atomic E-state index is 12.8. The van der Waals surface area contributed by atoms with Crippen molar-refractivity contribution in [2.24, 2.45) is 0 Å². The minimum atomic E-state index is -0.238. The molecule has 25 heavy (non-hydrogen) atoms. The molecule has 0 saturated heterocycles. The summed E-state index contributed by atoms with van der Waals surface area (Å²) in [6.07, 6.45) is 0.708. The highest BCUT2D eigenvalue weighted by molar-refractivity contribution is 7.99. The second-order valence-electron chi connectivity index (χ2n) is 5.86. The molecule has 1 N–H and O–H groups in total. The number of hydrogen-bond donors (Lipinski definition) is 1. The van der Waals surface area contributed by atoms with Gasteiger partial charge < -0.3 is 5.32 Å². The Morgan fingerprint density at radius 1 is 0.960 bits per heavy atom. The van der Waals surface area contributed by atoms with E-state index >= 15 is 0 Å². The molecular weight excluding hydrogens is 333 g/mol. The largest absolute Gasteiger partial charge is 0.355 e. The van der Waals surface area contributed by atoms with Gasteiger partial charge in [0.25, 0.3) is 0 Å². The van der Waals surface area contributed by atoms with E-state index in [0.717, 1.165) is 11.3 Å². The fraction of sp³-hybridized carbons (Fsp3) is 0.190. The van der Waals surface area contributed by atoms with E-state index in [4.69, 9.17) is 0 Å². The Balaban J connectivity index is 1.42. The SMILES string of the molecule is O=C(CSCc1cccc2ccccc12)NCCc1ccc(F)cc1. The van der Waals surface area contributed by atoms with Gasteiger partial charge >= 0.3 is 0 Å². The molecule has 0 radical (unpaired) electrons. The Hall–Kier alpha value is -2.33. The second kappa shape index (κ2) is 8.67. The van der Waals surface area contributed by atoms with Crippen LogP contribution in [0.15, 0.2) is 66.7 Å². The number of carbonyl (C=O) groups excluding carboxylic acids is 1. The van der Waals surface area contributed by atoms with Crippen LogP contribution in [0.4, 0.5) is 4.39 Å². The topological polar surface area (TPSA) is 29.1 Å². The molecule has 0 aliphatic carbocycles. The van der Waals surface area contributed by atoms with E-state index in [1.54, 1.807) is 23.9 Å². The van der Waals surface area contributed by atoms with Crippen molar-refractivity contribution < 1.29 is 9.18 Å². The molecule has 3 rings (SSSR count). The van der Waals surface area contributed by atoms with Gasteiger partial charge in [-0.15, -0.1) is 11.8 Å². The highest BCUT2D eigenvalue weighted by Gasteiger charge is 2.04. The first-order chi connectivity index (χ1) is 12.2. The van der Waals surface area contributed by atoms with E-state index in [1.807, 2.05) is 12.1 Å². The number of fused-ring (bicyclic) bond motifs is 1. The summed E-state index contributed by atoms with van der Waals surface area (Å²) < 4.78 is 12.8. The van der Waals surface area contributed by atoms with Gasteiger partial charge in [0.1, 0.15) is 5.82 Å². The molecule has 0 heterocycles. The molecule has 0 atom stereocenters. The van der Waals surface area contributed by atoms with Crippen LogP contribution in [0, 0.1) is 5.82 Å². The molecule has 0 bridgehead atoms. The van der Waals surface area contributed by atoms with Crippen LogP contribution in [-0.2, 0) is 17.0 Å². The third kappa shape index (κ3) is 5.07. The highest BCUT2D eigenvalue weighted by Crippen LogP contribution is 2.22. The van der Waals surface area contributed by atoms with Crippen LogP contribution < -0.4 is 5.32 Å². The van der Waals surface area contributed by atoms with Crippen molar-refractivity contribution in [3.63, 3.8) is 0 Å². The molecule has 128 valence electrons. The van der Waals surface area contributed by atoms with Crippen molar-refractivity contribution in [3.05, 3.63) is 83.7 Å². The van der Waals surface area contributed by atoms with Gasteiger partial charge in [-0.25, -0.2) is 4.39 Å². The summed E-state index contributed by atoms with van der Waals surface area (Å²) >= 11 is 1.62. The lowest BCUT2D eigenvalue weighted by Crippen LogP contribution is -2.27. The van der Waals surface area contributed by atoms with Gasteiger partial charge in [-0.1, -0.05) is 54.6 Å². The highest BCUT2D eigenvalue weighted by atomic mass is 32.2. The van der Waals surface area contributed by atoms with Crippen LogP contribution in [-0.4, -0.2) is 18.2 Å². The lowest BCUT2D eigenvalue weighted by molar-refractivity contribution is -0.118. The van der Waals surface area contributed by atoms with E-state index in [2.05, 4.69) is 35.6 Å². The van der Waals surface area contributed by atoms with Crippen LogP contribution >= 0.6 is 11.8 Å². The number of benzene rings is 3. The van der Waals surface area contributed by atoms with Gasteiger partial charge in [0.05, 0.1) is 5.75 Å². The van der Waals surface area contributed by atoms with Crippen LogP contribution in [0.2, 0.25) is 0 Å². The van der Waals surface area contributed by atoms with Gasteiger partial charge in [-0.3, -0.25) is 4.79 Å². The van der Waals surface area contributed by atoms with Crippen LogP contribution in [0.25, 0.3) is 10.8 Å². The molecule has 1 amide bonds. The average molecular weight is 353 g/mol. The lowest BCUT2D eigenvalue weighted by Gasteiger charge is -2.07. The quantitative estimate of drug-likeness (QED) is 0.674. The first-order valence-electron chi connectivity index (χ1n) is 8.28. The van der Waals surface area contributed by atoms with Gasteiger partial charge in [0.2, 0.25) is 5.91 Å². The molecule has 0 unspecified atom stereocenters. The first kappa shape index (κ1) is 17.5. The standard InChI is InChI=1S/C21H20FNOS/c22-19-10-8-16(9-11-19)12-13-23-21(24)15-25-14-18-6-3-5-17-4-1-2-7-20(17)18/h1-11H,12-15H2,(H,23,24). The summed E-state index contributed by atoms with van der Waals surface area (Å²) in [6, 6.07) is 20.9. The predicted octanol–water partition coefficient (Wildman–Crippen LogP) is 4.57. The summed E-state index contributed by atoms with van der Waals surface area (Å²) in [5, 5.41) is 5.39. The van der Waals surface area contributed by atoms with Crippen molar-refractivity contribution in [2.45, 2.75) is 12.2 Å². The summed E-state index contributed by atoms with van der Waals surface area (Å²) in [4.78, 5) is 11.9. The Labute approximate surface area is 151 Å². The zero-order valence-electron chi connectivity index (χ0n) is 13.9. The molecule has 3 aromatic rings. The molecule has 3 aromatic carbocycles. The minimum Gasteiger partial charge on any atom is -0.355 e. The van der Waals surface area contributed by atoms with Gasteiger partial charge in [0, 0.05) is 12.3 Å². The zero-order chi connectivity index (χ0) is 17.5. The number of hydrogen-bond acceptors (Lipinski definition) is 2. The molecule has 0 saturated carbocycles. The van der Waals surface area contributed by atoms with Crippen molar-refractivity contribution in [2.75, 3.05) is 12.3 Å². The van der Waals surface area contributed by atoms with E-state index < -0.39 is 0 Å². The van der Waals surface area contributed by atoms with Crippen molar-refractivity contribution >= 4 is 28.4 Å². The number of nitrogens with one attached hydrogen (secondary N) is 1. The maximum Gasteiger partial charge on any atom is 0.230 e. The predicted molar refractivity (Wildman–Crippen MR) is 103 cm³/mol. The van der Waals surface area contributed by atoms with Gasteiger partial charge in [0.15, 0.2) is 0 Å². The third-order valence-corrected chi connectivity index (χ3v) is 5.00. The fourth-order valence-corrected chi connectivity index (χ4v) is 3.58. The summed E-state index contributed by atoms with van der Waals surface area (Å²) in [5.74, 6) is 1.05. The molecule has 0 aliphatic heterocycles.